The first-order valence-electron chi connectivity index (χ1n) is 7.18. The van der Waals surface area contributed by atoms with Gasteiger partial charge in [-0.05, 0) is 31.0 Å². The zero-order chi connectivity index (χ0) is 16.8. The molecule has 1 N–H and O–H groups in total. The zero-order valence-corrected chi connectivity index (χ0v) is 13.0. The third-order valence-electron chi connectivity index (χ3n) is 3.40. The van der Waals surface area contributed by atoms with E-state index in [0.717, 1.165) is 5.56 Å². The Labute approximate surface area is 134 Å². The van der Waals surface area contributed by atoms with Crippen molar-refractivity contribution in [2.24, 2.45) is 0 Å². The first-order chi connectivity index (χ1) is 11.0. The number of methoxy groups -OCH3 is 1. The molecule has 0 saturated carbocycles. The fourth-order valence-corrected chi connectivity index (χ4v) is 2.30. The van der Waals surface area contributed by atoms with E-state index in [0.29, 0.717) is 6.42 Å². The standard InChI is InChI=1S/C17H18N2O4/c1-12(10-13-6-4-3-5-7-13)18-17(20)14-8-9-16(23-2)15(11-14)19(21)22/h3-9,11-12H,10H2,1-2H3,(H,18,20). The Kier molecular flexibility index (Phi) is 5.30. The van der Waals surface area contributed by atoms with E-state index in [4.69, 9.17) is 4.74 Å². The molecule has 0 bridgehead atoms. The largest absolute Gasteiger partial charge is 0.490 e. The van der Waals surface area contributed by atoms with Gasteiger partial charge in [0.1, 0.15) is 0 Å². The van der Waals surface area contributed by atoms with Gasteiger partial charge in [0.15, 0.2) is 5.75 Å². The van der Waals surface area contributed by atoms with Crippen LogP contribution < -0.4 is 10.1 Å². The van der Waals surface area contributed by atoms with Crippen LogP contribution in [0.4, 0.5) is 5.69 Å². The Balaban J connectivity index is 2.08. The number of ether oxygens (including phenoxy) is 1. The summed E-state index contributed by atoms with van der Waals surface area (Å²) >= 11 is 0. The molecule has 1 unspecified atom stereocenters. The zero-order valence-electron chi connectivity index (χ0n) is 13.0. The number of hydrogen-bond donors (Lipinski definition) is 1. The second kappa shape index (κ2) is 7.40. The number of nitro benzene ring substituents is 1. The number of carbonyl (C=O) groups excluding carboxylic acids is 1. The van der Waals surface area contributed by atoms with Gasteiger partial charge >= 0.3 is 5.69 Å². The average Bonchev–Trinajstić information content (AvgIpc) is 2.54. The number of benzene rings is 2. The SMILES string of the molecule is COc1ccc(C(=O)NC(C)Cc2ccccc2)cc1[N+](=O)[O-]. The lowest BCUT2D eigenvalue weighted by Gasteiger charge is -2.14. The molecule has 0 heterocycles. The van der Waals surface area contributed by atoms with Crippen molar-refractivity contribution in [2.75, 3.05) is 7.11 Å². The lowest BCUT2D eigenvalue weighted by molar-refractivity contribution is -0.385. The second-order valence-corrected chi connectivity index (χ2v) is 5.21. The van der Waals surface area contributed by atoms with Crippen molar-refractivity contribution in [3.05, 3.63) is 69.8 Å². The highest BCUT2D eigenvalue weighted by Crippen LogP contribution is 2.27. The van der Waals surface area contributed by atoms with Crippen molar-refractivity contribution in [1.82, 2.24) is 5.32 Å². The summed E-state index contributed by atoms with van der Waals surface area (Å²) in [5.74, 6) is -0.219. The Morgan fingerprint density at radius 3 is 2.57 bits per heavy atom. The molecule has 2 aromatic carbocycles. The molecule has 0 radical (unpaired) electrons. The minimum atomic E-state index is -0.566. The van der Waals surface area contributed by atoms with Crippen LogP contribution in [0.3, 0.4) is 0 Å². The summed E-state index contributed by atoms with van der Waals surface area (Å²) in [6, 6.07) is 13.9. The second-order valence-electron chi connectivity index (χ2n) is 5.21. The van der Waals surface area contributed by atoms with Gasteiger partial charge in [-0.25, -0.2) is 0 Å². The summed E-state index contributed by atoms with van der Waals surface area (Å²) in [5.41, 5.74) is 1.12. The van der Waals surface area contributed by atoms with Gasteiger partial charge in [0.25, 0.3) is 5.91 Å². The molecule has 0 aliphatic carbocycles. The number of nitrogens with one attached hydrogen (secondary N) is 1. The van der Waals surface area contributed by atoms with Crippen molar-refractivity contribution in [1.29, 1.82) is 0 Å². The van der Waals surface area contributed by atoms with Crippen LogP contribution in [0.1, 0.15) is 22.8 Å². The number of amides is 1. The number of hydrogen-bond acceptors (Lipinski definition) is 4. The molecule has 23 heavy (non-hydrogen) atoms. The van der Waals surface area contributed by atoms with E-state index in [2.05, 4.69) is 5.32 Å². The van der Waals surface area contributed by atoms with E-state index in [-0.39, 0.29) is 28.9 Å². The highest BCUT2D eigenvalue weighted by Gasteiger charge is 2.19. The maximum absolute atomic E-state index is 12.2. The fourth-order valence-electron chi connectivity index (χ4n) is 2.30. The molecular weight excluding hydrogens is 296 g/mol. The molecule has 6 heteroatoms. The van der Waals surface area contributed by atoms with Crippen LogP contribution in [0.2, 0.25) is 0 Å². The minimum absolute atomic E-state index is 0.0916. The molecule has 2 aromatic rings. The summed E-state index contributed by atoms with van der Waals surface area (Å²) < 4.78 is 4.93. The molecule has 2 rings (SSSR count). The first kappa shape index (κ1) is 16.5. The van der Waals surface area contributed by atoms with E-state index in [9.17, 15) is 14.9 Å². The van der Waals surface area contributed by atoms with E-state index < -0.39 is 4.92 Å². The lowest BCUT2D eigenvalue weighted by Crippen LogP contribution is -2.34. The summed E-state index contributed by atoms with van der Waals surface area (Å²) in [6.07, 6.45) is 0.685. The summed E-state index contributed by atoms with van der Waals surface area (Å²) in [4.78, 5) is 22.7. The van der Waals surface area contributed by atoms with Gasteiger partial charge in [0.05, 0.1) is 12.0 Å². The van der Waals surface area contributed by atoms with Gasteiger partial charge in [-0.1, -0.05) is 30.3 Å². The Bertz CT molecular complexity index is 701. The maximum Gasteiger partial charge on any atom is 0.311 e. The van der Waals surface area contributed by atoms with Gasteiger partial charge in [-0.3, -0.25) is 14.9 Å². The average molecular weight is 314 g/mol. The maximum atomic E-state index is 12.2. The molecular formula is C17H18N2O4. The molecule has 0 fully saturated rings. The van der Waals surface area contributed by atoms with E-state index in [1.54, 1.807) is 0 Å². The van der Waals surface area contributed by atoms with Crippen LogP contribution in [0.25, 0.3) is 0 Å². The summed E-state index contributed by atoms with van der Waals surface area (Å²) in [7, 11) is 1.35. The Morgan fingerprint density at radius 2 is 1.96 bits per heavy atom. The molecule has 0 spiro atoms. The summed E-state index contributed by atoms with van der Waals surface area (Å²) in [6.45, 7) is 1.89. The topological polar surface area (TPSA) is 81.5 Å². The molecule has 6 nitrogen and oxygen atoms in total. The van der Waals surface area contributed by atoms with Crippen LogP contribution >= 0.6 is 0 Å². The van der Waals surface area contributed by atoms with Crippen LogP contribution in [0, 0.1) is 10.1 Å². The fraction of sp³-hybridized carbons (Fsp3) is 0.235. The first-order valence-corrected chi connectivity index (χ1v) is 7.18. The molecule has 0 aliphatic heterocycles. The molecule has 0 aliphatic rings. The Hall–Kier alpha value is -2.89. The number of carbonyl (C=O) groups is 1. The molecule has 0 aromatic heterocycles. The minimum Gasteiger partial charge on any atom is -0.490 e. The van der Waals surface area contributed by atoms with Gasteiger partial charge in [-0.2, -0.15) is 0 Å². The number of rotatable bonds is 6. The molecule has 1 atom stereocenters. The van der Waals surface area contributed by atoms with Crippen molar-refractivity contribution >= 4 is 11.6 Å². The van der Waals surface area contributed by atoms with Crippen molar-refractivity contribution in [3.63, 3.8) is 0 Å². The highest BCUT2D eigenvalue weighted by atomic mass is 16.6. The molecule has 0 saturated heterocycles. The normalized spacial score (nSPS) is 11.6. The van der Waals surface area contributed by atoms with Gasteiger partial charge in [0.2, 0.25) is 0 Å². The molecule has 120 valence electrons. The van der Waals surface area contributed by atoms with Crippen molar-refractivity contribution in [3.8, 4) is 5.75 Å². The van der Waals surface area contributed by atoms with Crippen molar-refractivity contribution < 1.29 is 14.5 Å². The van der Waals surface area contributed by atoms with Crippen molar-refractivity contribution in [2.45, 2.75) is 19.4 Å². The van der Waals surface area contributed by atoms with Crippen LogP contribution in [0.15, 0.2) is 48.5 Å². The third kappa shape index (κ3) is 4.29. The smallest absolute Gasteiger partial charge is 0.311 e. The van der Waals surface area contributed by atoms with Gasteiger partial charge in [0, 0.05) is 17.7 Å². The van der Waals surface area contributed by atoms with E-state index >= 15 is 0 Å². The molecule has 1 amide bonds. The van der Waals surface area contributed by atoms with E-state index in [1.807, 2.05) is 37.3 Å². The third-order valence-corrected chi connectivity index (χ3v) is 3.40. The number of nitro groups is 1. The van der Waals surface area contributed by atoms with Gasteiger partial charge in [-0.15, -0.1) is 0 Å². The van der Waals surface area contributed by atoms with E-state index in [1.165, 1.54) is 25.3 Å². The Morgan fingerprint density at radius 1 is 1.26 bits per heavy atom. The predicted octanol–water partition coefficient (Wildman–Crippen LogP) is 2.96. The predicted molar refractivity (Wildman–Crippen MR) is 86.7 cm³/mol. The van der Waals surface area contributed by atoms with Crippen LogP contribution in [-0.4, -0.2) is 24.0 Å². The lowest BCUT2D eigenvalue weighted by atomic mass is 10.1. The van der Waals surface area contributed by atoms with Crippen LogP contribution in [0.5, 0.6) is 5.75 Å². The van der Waals surface area contributed by atoms with Gasteiger partial charge < -0.3 is 10.1 Å². The summed E-state index contributed by atoms with van der Waals surface area (Å²) in [5, 5.41) is 13.9. The quantitative estimate of drug-likeness (QED) is 0.656. The number of nitrogens with zero attached hydrogens (tertiary/aromatic N) is 1. The highest BCUT2D eigenvalue weighted by molar-refractivity contribution is 5.95. The monoisotopic (exact) mass is 314 g/mol. The van der Waals surface area contributed by atoms with Crippen LogP contribution in [-0.2, 0) is 6.42 Å².